The molecule has 3 heteroatoms. The zero-order valence-electron chi connectivity index (χ0n) is 10.4. The van der Waals surface area contributed by atoms with Gasteiger partial charge in [0.25, 0.3) is 0 Å². The van der Waals surface area contributed by atoms with Gasteiger partial charge in [-0.05, 0) is 50.9 Å². The Bertz CT molecular complexity index is 390. The molecule has 17 heavy (non-hydrogen) atoms. The van der Waals surface area contributed by atoms with Crippen LogP contribution in [0.3, 0.4) is 0 Å². The quantitative estimate of drug-likeness (QED) is 0.759. The van der Waals surface area contributed by atoms with Crippen molar-refractivity contribution in [3.63, 3.8) is 0 Å². The third kappa shape index (κ3) is 4.88. The topological polar surface area (TPSA) is 12.0 Å². The van der Waals surface area contributed by atoms with Gasteiger partial charge in [0.15, 0.2) is 0 Å². The Labute approximate surface area is 108 Å². The van der Waals surface area contributed by atoms with E-state index in [2.05, 4.69) is 11.9 Å². The van der Waals surface area contributed by atoms with Crippen LogP contribution in [0.1, 0.15) is 25.3 Å². The van der Waals surface area contributed by atoms with Gasteiger partial charge in [0.2, 0.25) is 0 Å². The maximum Gasteiger partial charge on any atom is 0.124 e. The number of allylic oxidation sites excluding steroid dienone is 1. The lowest BCUT2D eigenvalue weighted by atomic mass is 10.00. The van der Waals surface area contributed by atoms with E-state index in [1.165, 1.54) is 17.7 Å². The Hall–Kier alpha value is -0.860. The van der Waals surface area contributed by atoms with E-state index in [1.54, 1.807) is 6.07 Å². The number of hydrogen-bond donors (Lipinski definition) is 1. The second-order valence-corrected chi connectivity index (χ2v) is 4.83. The van der Waals surface area contributed by atoms with Gasteiger partial charge in [-0.3, -0.25) is 0 Å². The van der Waals surface area contributed by atoms with Crippen molar-refractivity contribution in [2.45, 2.75) is 32.2 Å². The van der Waals surface area contributed by atoms with Crippen molar-refractivity contribution in [2.75, 3.05) is 7.05 Å². The van der Waals surface area contributed by atoms with E-state index in [4.69, 9.17) is 11.6 Å². The van der Waals surface area contributed by atoms with E-state index in [0.29, 0.717) is 11.1 Å². The molecule has 0 fully saturated rings. The monoisotopic (exact) mass is 255 g/mol. The van der Waals surface area contributed by atoms with Crippen LogP contribution in [0.2, 0.25) is 5.02 Å². The smallest absolute Gasteiger partial charge is 0.124 e. The lowest BCUT2D eigenvalue weighted by Crippen LogP contribution is -2.27. The first-order valence-electron chi connectivity index (χ1n) is 5.78. The highest BCUT2D eigenvalue weighted by molar-refractivity contribution is 6.31. The van der Waals surface area contributed by atoms with Gasteiger partial charge < -0.3 is 5.32 Å². The fourth-order valence-corrected chi connectivity index (χ4v) is 1.97. The molecule has 0 spiro atoms. The van der Waals surface area contributed by atoms with E-state index in [0.717, 1.165) is 24.8 Å². The molecule has 94 valence electrons. The Morgan fingerprint density at radius 3 is 2.76 bits per heavy atom. The van der Waals surface area contributed by atoms with Crippen LogP contribution in [-0.4, -0.2) is 13.1 Å². The molecule has 1 unspecified atom stereocenters. The average Bonchev–Trinajstić information content (AvgIpc) is 2.26. The molecule has 0 saturated heterocycles. The molecule has 0 radical (unpaired) electrons. The standard InChI is InChI=1S/C14H19ClFN/c1-10(2)4-7-13(17-3)8-11-5-6-12(16)9-14(11)15/h5-6,9,13,17H,1,4,7-8H2,2-3H3. The lowest BCUT2D eigenvalue weighted by Gasteiger charge is -2.17. The van der Waals surface area contributed by atoms with Crippen molar-refractivity contribution in [3.8, 4) is 0 Å². The number of hydrogen-bond acceptors (Lipinski definition) is 1. The van der Waals surface area contributed by atoms with Gasteiger partial charge in [0.05, 0.1) is 0 Å². The molecule has 1 aromatic rings. The number of likely N-dealkylation sites (N-methyl/N-ethyl adjacent to an activating group) is 1. The molecule has 0 amide bonds. The van der Waals surface area contributed by atoms with Crippen LogP contribution >= 0.6 is 11.6 Å². The van der Waals surface area contributed by atoms with Crippen LogP contribution in [0.5, 0.6) is 0 Å². The Morgan fingerprint density at radius 2 is 2.24 bits per heavy atom. The third-order valence-corrected chi connectivity index (χ3v) is 3.16. The van der Waals surface area contributed by atoms with Crippen molar-refractivity contribution in [3.05, 3.63) is 46.8 Å². The summed E-state index contributed by atoms with van der Waals surface area (Å²) in [4.78, 5) is 0. The summed E-state index contributed by atoms with van der Waals surface area (Å²) in [6, 6.07) is 4.91. The highest BCUT2D eigenvalue weighted by atomic mass is 35.5. The molecule has 0 bridgehead atoms. The van der Waals surface area contributed by atoms with Crippen molar-refractivity contribution < 1.29 is 4.39 Å². The van der Waals surface area contributed by atoms with E-state index in [-0.39, 0.29) is 5.82 Å². The molecule has 1 aromatic carbocycles. The van der Waals surface area contributed by atoms with Gasteiger partial charge in [-0.25, -0.2) is 4.39 Å². The Kier molecular flexibility index (Phi) is 5.66. The highest BCUT2D eigenvalue weighted by Gasteiger charge is 2.10. The Balaban J connectivity index is 2.63. The van der Waals surface area contributed by atoms with E-state index in [1.807, 2.05) is 14.0 Å². The van der Waals surface area contributed by atoms with Crippen molar-refractivity contribution >= 4 is 11.6 Å². The van der Waals surface area contributed by atoms with E-state index < -0.39 is 0 Å². The molecule has 0 aliphatic rings. The van der Waals surface area contributed by atoms with Crippen LogP contribution in [0.4, 0.5) is 4.39 Å². The largest absolute Gasteiger partial charge is 0.317 e. The van der Waals surface area contributed by atoms with E-state index in [9.17, 15) is 4.39 Å². The summed E-state index contributed by atoms with van der Waals surface area (Å²) >= 11 is 6.01. The summed E-state index contributed by atoms with van der Waals surface area (Å²) in [5.41, 5.74) is 2.16. The number of halogens is 2. The number of rotatable bonds is 6. The summed E-state index contributed by atoms with van der Waals surface area (Å²) < 4.78 is 12.9. The van der Waals surface area contributed by atoms with Gasteiger partial charge in [-0.15, -0.1) is 6.58 Å². The van der Waals surface area contributed by atoms with Crippen LogP contribution in [0.25, 0.3) is 0 Å². The SMILES string of the molecule is C=C(C)CCC(Cc1ccc(F)cc1Cl)NC. The second kappa shape index (κ2) is 6.77. The first kappa shape index (κ1) is 14.2. The molecular weight excluding hydrogens is 237 g/mol. The van der Waals surface area contributed by atoms with Crippen LogP contribution in [0, 0.1) is 5.82 Å². The molecule has 0 aliphatic carbocycles. The lowest BCUT2D eigenvalue weighted by molar-refractivity contribution is 0.519. The van der Waals surface area contributed by atoms with Gasteiger partial charge in [0.1, 0.15) is 5.82 Å². The van der Waals surface area contributed by atoms with Gasteiger partial charge in [-0.1, -0.05) is 23.2 Å². The molecule has 0 heterocycles. The second-order valence-electron chi connectivity index (χ2n) is 4.42. The summed E-state index contributed by atoms with van der Waals surface area (Å²) in [5.74, 6) is -0.290. The summed E-state index contributed by atoms with van der Waals surface area (Å²) in [5, 5.41) is 3.75. The van der Waals surface area contributed by atoms with Crippen LogP contribution < -0.4 is 5.32 Å². The van der Waals surface area contributed by atoms with E-state index >= 15 is 0 Å². The molecule has 1 N–H and O–H groups in total. The number of nitrogens with one attached hydrogen (secondary N) is 1. The van der Waals surface area contributed by atoms with Gasteiger partial charge in [0, 0.05) is 11.1 Å². The summed E-state index contributed by atoms with van der Waals surface area (Å²) in [6.07, 6.45) is 2.81. The molecule has 1 rings (SSSR count). The minimum absolute atomic E-state index is 0.290. The molecule has 0 aliphatic heterocycles. The predicted octanol–water partition coefficient (Wildman–Crippen LogP) is 3.97. The minimum atomic E-state index is -0.290. The fourth-order valence-electron chi connectivity index (χ4n) is 1.72. The zero-order valence-corrected chi connectivity index (χ0v) is 11.1. The predicted molar refractivity (Wildman–Crippen MR) is 72.0 cm³/mol. The van der Waals surface area contributed by atoms with Crippen LogP contribution in [0.15, 0.2) is 30.4 Å². The van der Waals surface area contributed by atoms with Crippen molar-refractivity contribution in [1.82, 2.24) is 5.32 Å². The van der Waals surface area contributed by atoms with Gasteiger partial charge >= 0.3 is 0 Å². The summed E-state index contributed by atoms with van der Waals surface area (Å²) in [7, 11) is 1.93. The molecule has 1 nitrogen and oxygen atoms in total. The summed E-state index contributed by atoms with van der Waals surface area (Å²) in [6.45, 7) is 5.92. The molecule has 0 aromatic heterocycles. The van der Waals surface area contributed by atoms with Crippen LogP contribution in [-0.2, 0) is 6.42 Å². The first-order valence-corrected chi connectivity index (χ1v) is 6.16. The highest BCUT2D eigenvalue weighted by Crippen LogP contribution is 2.20. The average molecular weight is 256 g/mol. The molecule has 0 saturated carbocycles. The first-order chi connectivity index (χ1) is 8.02. The minimum Gasteiger partial charge on any atom is -0.317 e. The maximum absolute atomic E-state index is 12.9. The normalized spacial score (nSPS) is 12.5. The third-order valence-electron chi connectivity index (χ3n) is 2.81. The van der Waals surface area contributed by atoms with Gasteiger partial charge in [-0.2, -0.15) is 0 Å². The molecule has 1 atom stereocenters. The zero-order chi connectivity index (χ0) is 12.8. The van der Waals surface area contributed by atoms with Crippen molar-refractivity contribution in [2.24, 2.45) is 0 Å². The fraction of sp³-hybridized carbons (Fsp3) is 0.429. The number of benzene rings is 1. The van der Waals surface area contributed by atoms with Crippen molar-refractivity contribution in [1.29, 1.82) is 0 Å². The maximum atomic E-state index is 12.9. The molecular formula is C14H19ClFN. The Morgan fingerprint density at radius 1 is 1.53 bits per heavy atom.